The number of hydrogen-bond acceptors (Lipinski definition) is 2. The predicted molar refractivity (Wildman–Crippen MR) is 61.1 cm³/mol. The van der Waals surface area contributed by atoms with Gasteiger partial charge in [0.05, 0.1) is 11.5 Å². The highest BCUT2D eigenvalue weighted by Gasteiger charge is 2.41. The van der Waals surface area contributed by atoms with Crippen LogP contribution in [0.5, 0.6) is 5.75 Å². The maximum Gasteiger partial charge on any atom is 0.123 e. The van der Waals surface area contributed by atoms with E-state index in [2.05, 4.69) is 12.1 Å². The molecule has 1 aliphatic carbocycles. The van der Waals surface area contributed by atoms with Crippen molar-refractivity contribution >= 4 is 0 Å². The Morgan fingerprint density at radius 1 is 1.38 bits per heavy atom. The molecule has 82 valence electrons. The first-order chi connectivity index (χ1) is 7.81. The Balaban J connectivity index is 1.71. The lowest BCUT2D eigenvalue weighted by molar-refractivity contribution is 0.111. The van der Waals surface area contributed by atoms with E-state index in [0.29, 0.717) is 0 Å². The molecular weight excluding hydrogens is 198 g/mol. The Morgan fingerprint density at radius 2 is 2.19 bits per heavy atom. The van der Waals surface area contributed by atoms with Crippen LogP contribution in [0.4, 0.5) is 0 Å². The first-order valence-electron chi connectivity index (χ1n) is 5.97. The third-order valence-electron chi connectivity index (χ3n) is 3.88. The molecule has 1 saturated carbocycles. The van der Waals surface area contributed by atoms with Gasteiger partial charge in [-0.15, -0.1) is 0 Å². The largest absolute Gasteiger partial charge is 0.490 e. The Kier molecular flexibility index (Phi) is 2.14. The average Bonchev–Trinajstić information content (AvgIpc) is 2.65. The fourth-order valence-corrected chi connectivity index (χ4v) is 2.77. The number of hydrogen-bond donors (Lipinski definition) is 0. The molecule has 1 heterocycles. The summed E-state index contributed by atoms with van der Waals surface area (Å²) in [5.74, 6) is 1.01. The molecule has 3 rings (SSSR count). The van der Waals surface area contributed by atoms with Crippen molar-refractivity contribution in [3.63, 3.8) is 0 Å². The number of fused-ring (bicyclic) bond motifs is 1. The van der Waals surface area contributed by atoms with Gasteiger partial charge in [0, 0.05) is 12.8 Å². The minimum atomic E-state index is -0.0767. The van der Waals surface area contributed by atoms with Gasteiger partial charge in [0.25, 0.3) is 0 Å². The predicted octanol–water partition coefficient (Wildman–Crippen LogP) is 3.07. The summed E-state index contributed by atoms with van der Waals surface area (Å²) in [7, 11) is 0. The van der Waals surface area contributed by atoms with Crippen LogP contribution in [0, 0.1) is 16.7 Å². The zero-order valence-electron chi connectivity index (χ0n) is 9.28. The van der Waals surface area contributed by atoms with Crippen LogP contribution in [0.2, 0.25) is 0 Å². The van der Waals surface area contributed by atoms with Crippen LogP contribution >= 0.6 is 0 Å². The molecule has 0 saturated heterocycles. The normalized spacial score (nSPS) is 25.1. The number of nitrogens with zero attached hydrogens (tertiary/aromatic N) is 1. The third-order valence-corrected chi connectivity index (χ3v) is 3.88. The maximum absolute atomic E-state index is 9.21. The second-order valence-electron chi connectivity index (χ2n) is 5.00. The lowest BCUT2D eigenvalue weighted by atomic mass is 9.66. The molecule has 0 aromatic heterocycles. The first kappa shape index (κ1) is 9.72. The van der Waals surface area contributed by atoms with E-state index in [0.717, 1.165) is 31.4 Å². The van der Waals surface area contributed by atoms with Crippen molar-refractivity contribution in [3.8, 4) is 11.8 Å². The molecule has 0 radical (unpaired) electrons. The van der Waals surface area contributed by atoms with Crippen molar-refractivity contribution in [2.75, 3.05) is 0 Å². The van der Waals surface area contributed by atoms with Gasteiger partial charge in [0.1, 0.15) is 11.9 Å². The zero-order chi connectivity index (χ0) is 11.0. The minimum Gasteiger partial charge on any atom is -0.490 e. The SMILES string of the molecule is N#CC1(CC2Cc3ccccc3O2)CCC1. The van der Waals surface area contributed by atoms with Crippen molar-refractivity contribution < 1.29 is 4.74 Å². The van der Waals surface area contributed by atoms with E-state index in [-0.39, 0.29) is 11.5 Å². The molecule has 1 aromatic carbocycles. The molecule has 2 nitrogen and oxygen atoms in total. The Hall–Kier alpha value is -1.49. The number of nitriles is 1. The van der Waals surface area contributed by atoms with E-state index in [4.69, 9.17) is 4.74 Å². The van der Waals surface area contributed by atoms with Gasteiger partial charge in [-0.2, -0.15) is 5.26 Å². The number of para-hydroxylation sites is 1. The molecule has 2 aliphatic rings. The topological polar surface area (TPSA) is 33.0 Å². The molecular formula is C14H15NO. The summed E-state index contributed by atoms with van der Waals surface area (Å²) in [6, 6.07) is 10.7. The summed E-state index contributed by atoms with van der Waals surface area (Å²) in [4.78, 5) is 0. The van der Waals surface area contributed by atoms with Gasteiger partial charge in [-0.25, -0.2) is 0 Å². The van der Waals surface area contributed by atoms with Crippen LogP contribution in [0.1, 0.15) is 31.2 Å². The van der Waals surface area contributed by atoms with Crippen LogP contribution < -0.4 is 4.74 Å². The fraction of sp³-hybridized carbons (Fsp3) is 0.500. The van der Waals surface area contributed by atoms with Crippen LogP contribution in [0.25, 0.3) is 0 Å². The lowest BCUT2D eigenvalue weighted by Crippen LogP contribution is -2.33. The van der Waals surface area contributed by atoms with Crippen LogP contribution in [0.3, 0.4) is 0 Å². The molecule has 0 N–H and O–H groups in total. The van der Waals surface area contributed by atoms with Gasteiger partial charge in [0.15, 0.2) is 0 Å². The lowest BCUT2D eigenvalue weighted by Gasteiger charge is -2.36. The maximum atomic E-state index is 9.21. The van der Waals surface area contributed by atoms with Gasteiger partial charge >= 0.3 is 0 Å². The monoisotopic (exact) mass is 213 g/mol. The van der Waals surface area contributed by atoms with E-state index in [1.54, 1.807) is 0 Å². The van der Waals surface area contributed by atoms with Crippen LogP contribution in [0.15, 0.2) is 24.3 Å². The van der Waals surface area contributed by atoms with Gasteiger partial charge < -0.3 is 4.74 Å². The van der Waals surface area contributed by atoms with Crippen molar-refractivity contribution in [2.45, 2.75) is 38.2 Å². The highest BCUT2D eigenvalue weighted by Crippen LogP contribution is 2.46. The highest BCUT2D eigenvalue weighted by atomic mass is 16.5. The standard InChI is InChI=1S/C14H15NO/c15-10-14(6-3-7-14)9-12-8-11-4-1-2-5-13(11)16-12/h1-2,4-5,12H,3,6-9H2. The molecule has 1 aliphatic heterocycles. The van der Waals surface area contributed by atoms with Gasteiger partial charge in [-0.1, -0.05) is 24.6 Å². The van der Waals surface area contributed by atoms with E-state index < -0.39 is 0 Å². The summed E-state index contributed by atoms with van der Waals surface area (Å²) in [6.07, 6.45) is 5.40. The van der Waals surface area contributed by atoms with E-state index in [9.17, 15) is 5.26 Å². The van der Waals surface area contributed by atoms with E-state index >= 15 is 0 Å². The minimum absolute atomic E-state index is 0.0767. The summed E-state index contributed by atoms with van der Waals surface area (Å²) >= 11 is 0. The summed E-state index contributed by atoms with van der Waals surface area (Å²) < 4.78 is 5.89. The second kappa shape index (κ2) is 3.52. The molecule has 1 aromatic rings. The van der Waals surface area contributed by atoms with Gasteiger partial charge in [-0.05, 0) is 24.5 Å². The second-order valence-corrected chi connectivity index (χ2v) is 5.00. The van der Waals surface area contributed by atoms with Crippen LogP contribution in [-0.2, 0) is 6.42 Å². The molecule has 0 spiro atoms. The Bertz CT molecular complexity index is 417. The average molecular weight is 213 g/mol. The third kappa shape index (κ3) is 1.48. The molecule has 1 fully saturated rings. The van der Waals surface area contributed by atoms with Crippen molar-refractivity contribution in [3.05, 3.63) is 29.8 Å². The van der Waals surface area contributed by atoms with Crippen molar-refractivity contribution in [1.29, 1.82) is 5.26 Å². The molecule has 0 amide bonds. The molecule has 1 unspecified atom stereocenters. The highest BCUT2D eigenvalue weighted by molar-refractivity contribution is 5.37. The number of rotatable bonds is 2. The van der Waals surface area contributed by atoms with Crippen LogP contribution in [-0.4, -0.2) is 6.10 Å². The summed E-state index contributed by atoms with van der Waals surface area (Å²) in [5.41, 5.74) is 1.21. The van der Waals surface area contributed by atoms with Gasteiger partial charge in [-0.3, -0.25) is 0 Å². The molecule has 2 heteroatoms. The Morgan fingerprint density at radius 3 is 2.81 bits per heavy atom. The smallest absolute Gasteiger partial charge is 0.123 e. The first-order valence-corrected chi connectivity index (χ1v) is 5.97. The molecule has 1 atom stereocenters. The number of ether oxygens (including phenoxy) is 1. The fourth-order valence-electron chi connectivity index (χ4n) is 2.77. The molecule has 16 heavy (non-hydrogen) atoms. The number of benzene rings is 1. The van der Waals surface area contributed by atoms with Gasteiger partial charge in [0.2, 0.25) is 0 Å². The summed E-state index contributed by atoms with van der Waals surface area (Å²) in [6.45, 7) is 0. The zero-order valence-corrected chi connectivity index (χ0v) is 9.28. The quantitative estimate of drug-likeness (QED) is 0.756. The van der Waals surface area contributed by atoms with Crippen molar-refractivity contribution in [2.24, 2.45) is 5.41 Å². The van der Waals surface area contributed by atoms with Crippen molar-refractivity contribution in [1.82, 2.24) is 0 Å². The van der Waals surface area contributed by atoms with E-state index in [1.807, 2.05) is 18.2 Å². The summed E-state index contributed by atoms with van der Waals surface area (Å²) in [5, 5.41) is 9.21. The Labute approximate surface area is 95.8 Å². The van der Waals surface area contributed by atoms with E-state index in [1.165, 1.54) is 12.0 Å². The molecule has 0 bridgehead atoms.